The van der Waals surface area contributed by atoms with E-state index in [4.69, 9.17) is 0 Å². The monoisotopic (exact) mass is 366 g/mol. The van der Waals surface area contributed by atoms with Crippen LogP contribution in [0.2, 0.25) is 0 Å². The third kappa shape index (κ3) is 4.65. The smallest absolute Gasteiger partial charge is 0.321 e. The zero-order chi connectivity index (χ0) is 17.8. The number of thioether (sulfide) groups is 1. The van der Waals surface area contributed by atoms with Crippen molar-refractivity contribution in [3.8, 4) is 0 Å². The van der Waals surface area contributed by atoms with Crippen LogP contribution in [-0.4, -0.2) is 52.1 Å². The Morgan fingerprint density at radius 1 is 1.20 bits per heavy atom. The van der Waals surface area contributed by atoms with E-state index in [1.165, 1.54) is 24.6 Å². The number of urea groups is 1. The van der Waals surface area contributed by atoms with Gasteiger partial charge in [-0.25, -0.2) is 4.79 Å². The van der Waals surface area contributed by atoms with Gasteiger partial charge in [0.25, 0.3) is 0 Å². The molecule has 2 heterocycles. The average Bonchev–Trinajstić information content (AvgIpc) is 3.33. The Labute approximate surface area is 152 Å². The lowest BCUT2D eigenvalue weighted by Crippen LogP contribution is -2.40. The fourth-order valence-electron chi connectivity index (χ4n) is 2.94. The molecule has 138 valence electrons. The van der Waals surface area contributed by atoms with Crippen LogP contribution in [0, 0.1) is 5.92 Å². The molecular weight excluding hydrogens is 340 g/mol. The summed E-state index contributed by atoms with van der Waals surface area (Å²) in [6, 6.07) is -0.0156. The zero-order valence-electron chi connectivity index (χ0n) is 14.8. The van der Waals surface area contributed by atoms with Crippen LogP contribution in [0.5, 0.6) is 0 Å². The van der Waals surface area contributed by atoms with Gasteiger partial charge in [-0.3, -0.25) is 14.7 Å². The molecule has 1 aromatic rings. The maximum atomic E-state index is 11.9. The Balaban J connectivity index is 1.62. The number of anilines is 1. The van der Waals surface area contributed by atoms with E-state index in [-0.39, 0.29) is 11.7 Å². The van der Waals surface area contributed by atoms with Crippen LogP contribution in [0.3, 0.4) is 0 Å². The van der Waals surface area contributed by atoms with Gasteiger partial charge in [-0.15, -0.1) is 10.2 Å². The average molecular weight is 366 g/mol. The quantitative estimate of drug-likeness (QED) is 0.746. The van der Waals surface area contributed by atoms with Crippen LogP contribution in [0.4, 0.5) is 10.7 Å². The van der Waals surface area contributed by atoms with Gasteiger partial charge in [-0.2, -0.15) is 0 Å². The lowest BCUT2D eigenvalue weighted by molar-refractivity contribution is -0.117. The molecule has 0 bridgehead atoms. The number of rotatable bonds is 6. The van der Waals surface area contributed by atoms with Crippen molar-refractivity contribution in [3.05, 3.63) is 0 Å². The summed E-state index contributed by atoms with van der Waals surface area (Å²) in [7, 11) is 0. The van der Waals surface area contributed by atoms with E-state index in [2.05, 4.69) is 37.2 Å². The molecule has 1 aliphatic heterocycles. The van der Waals surface area contributed by atoms with Crippen molar-refractivity contribution in [2.75, 3.05) is 30.3 Å². The first kappa shape index (κ1) is 18.0. The molecule has 0 atom stereocenters. The van der Waals surface area contributed by atoms with E-state index in [1.54, 1.807) is 6.92 Å². The summed E-state index contributed by atoms with van der Waals surface area (Å²) in [4.78, 5) is 25.6. The maximum absolute atomic E-state index is 11.9. The summed E-state index contributed by atoms with van der Waals surface area (Å²) < 4.78 is 2.18. The molecule has 8 nitrogen and oxygen atoms in total. The summed E-state index contributed by atoms with van der Waals surface area (Å²) in [5.74, 6) is 1.52. The van der Waals surface area contributed by atoms with Gasteiger partial charge in [0.15, 0.2) is 5.16 Å². The fourth-order valence-corrected chi connectivity index (χ4v) is 3.74. The summed E-state index contributed by atoms with van der Waals surface area (Å²) in [5, 5.41) is 14.3. The highest BCUT2D eigenvalue weighted by atomic mass is 32.2. The summed E-state index contributed by atoms with van der Waals surface area (Å²) in [6.07, 6.45) is 4.62. The molecule has 3 rings (SSSR count). The molecule has 25 heavy (non-hydrogen) atoms. The molecule has 3 amide bonds. The SMILES string of the molecule is CCNC(=O)NC(=O)CSc1nnc(N2CCC(C)CC2)n1C1CC1. The predicted molar refractivity (Wildman–Crippen MR) is 96.8 cm³/mol. The van der Waals surface area contributed by atoms with Crippen molar-refractivity contribution < 1.29 is 9.59 Å². The second-order valence-electron chi connectivity index (χ2n) is 6.75. The third-order valence-corrected chi connectivity index (χ3v) is 5.49. The lowest BCUT2D eigenvalue weighted by Gasteiger charge is -2.31. The molecule has 1 aliphatic carbocycles. The number of carbonyl (C=O) groups excluding carboxylic acids is 2. The molecule has 0 unspecified atom stereocenters. The van der Waals surface area contributed by atoms with E-state index < -0.39 is 6.03 Å². The van der Waals surface area contributed by atoms with Crippen LogP contribution in [-0.2, 0) is 4.79 Å². The van der Waals surface area contributed by atoms with Crippen molar-refractivity contribution in [1.29, 1.82) is 0 Å². The van der Waals surface area contributed by atoms with Crippen molar-refractivity contribution in [1.82, 2.24) is 25.4 Å². The van der Waals surface area contributed by atoms with Crippen molar-refractivity contribution in [2.45, 2.75) is 50.7 Å². The number of nitrogens with zero attached hydrogens (tertiary/aromatic N) is 4. The maximum Gasteiger partial charge on any atom is 0.321 e. The molecule has 2 aliphatic rings. The standard InChI is InChI=1S/C16H26N6O2S/c1-3-17-14(24)18-13(23)10-25-16-20-19-15(22(16)12-4-5-12)21-8-6-11(2)7-9-21/h11-12H,3-10H2,1-2H3,(H2,17,18,23,24). The van der Waals surface area contributed by atoms with Crippen molar-refractivity contribution >= 4 is 29.6 Å². The number of amides is 3. The Hall–Kier alpha value is -1.77. The number of imide groups is 1. The predicted octanol–water partition coefficient (Wildman–Crippen LogP) is 1.79. The topological polar surface area (TPSA) is 92.2 Å². The summed E-state index contributed by atoms with van der Waals surface area (Å²) >= 11 is 1.34. The van der Waals surface area contributed by atoms with Gasteiger partial charge in [0.05, 0.1) is 5.75 Å². The number of piperidine rings is 1. The molecule has 2 N–H and O–H groups in total. The molecule has 1 aromatic heterocycles. The van der Waals surface area contributed by atoms with Crippen LogP contribution in [0.1, 0.15) is 45.6 Å². The molecule has 0 spiro atoms. The molecule has 0 aromatic carbocycles. The van der Waals surface area contributed by atoms with Gasteiger partial charge in [-0.1, -0.05) is 18.7 Å². The van der Waals surface area contributed by atoms with Gasteiger partial charge in [-0.05, 0) is 38.5 Å². The Morgan fingerprint density at radius 2 is 1.92 bits per heavy atom. The normalized spacial score (nSPS) is 18.2. The Kier molecular flexibility index (Phi) is 5.82. The number of carbonyl (C=O) groups is 2. The van der Waals surface area contributed by atoms with E-state index in [1.807, 2.05) is 0 Å². The lowest BCUT2D eigenvalue weighted by atomic mass is 10.00. The summed E-state index contributed by atoms with van der Waals surface area (Å²) in [5.41, 5.74) is 0. The highest BCUT2D eigenvalue weighted by Crippen LogP contribution is 2.41. The third-order valence-electron chi connectivity index (χ3n) is 4.55. The number of hydrogen-bond donors (Lipinski definition) is 2. The van der Waals surface area contributed by atoms with E-state index in [0.29, 0.717) is 12.6 Å². The van der Waals surface area contributed by atoms with Gasteiger partial charge >= 0.3 is 6.03 Å². The van der Waals surface area contributed by atoms with Gasteiger partial charge in [0.2, 0.25) is 11.9 Å². The van der Waals surface area contributed by atoms with Gasteiger partial charge in [0, 0.05) is 25.7 Å². The second-order valence-corrected chi connectivity index (χ2v) is 7.69. The van der Waals surface area contributed by atoms with E-state index >= 15 is 0 Å². The van der Waals surface area contributed by atoms with Crippen LogP contribution < -0.4 is 15.5 Å². The van der Waals surface area contributed by atoms with Crippen LogP contribution in [0.15, 0.2) is 5.16 Å². The molecule has 0 radical (unpaired) electrons. The zero-order valence-corrected chi connectivity index (χ0v) is 15.6. The second kappa shape index (κ2) is 8.07. The minimum absolute atomic E-state index is 0.152. The highest BCUT2D eigenvalue weighted by Gasteiger charge is 2.32. The first-order chi connectivity index (χ1) is 12.1. The Morgan fingerprint density at radius 3 is 2.56 bits per heavy atom. The fraction of sp³-hybridized carbons (Fsp3) is 0.750. The molecule has 1 saturated heterocycles. The number of aromatic nitrogens is 3. The Bertz CT molecular complexity index is 622. The first-order valence-electron chi connectivity index (χ1n) is 8.98. The molecule has 2 fully saturated rings. The van der Waals surface area contributed by atoms with Crippen molar-refractivity contribution in [3.63, 3.8) is 0 Å². The van der Waals surface area contributed by atoms with Gasteiger partial charge < -0.3 is 10.2 Å². The van der Waals surface area contributed by atoms with E-state index in [9.17, 15) is 9.59 Å². The van der Waals surface area contributed by atoms with Crippen LogP contribution >= 0.6 is 11.8 Å². The molecule has 9 heteroatoms. The first-order valence-corrected chi connectivity index (χ1v) is 9.97. The molecule has 1 saturated carbocycles. The minimum atomic E-state index is -0.458. The van der Waals surface area contributed by atoms with Crippen LogP contribution in [0.25, 0.3) is 0 Å². The molecular formula is C16H26N6O2S. The van der Waals surface area contributed by atoms with Crippen molar-refractivity contribution in [2.24, 2.45) is 5.92 Å². The number of hydrogen-bond acceptors (Lipinski definition) is 6. The minimum Gasteiger partial charge on any atom is -0.341 e. The highest BCUT2D eigenvalue weighted by molar-refractivity contribution is 7.99. The van der Waals surface area contributed by atoms with Gasteiger partial charge in [0.1, 0.15) is 0 Å². The summed E-state index contributed by atoms with van der Waals surface area (Å²) in [6.45, 7) is 6.60. The van der Waals surface area contributed by atoms with E-state index in [0.717, 1.165) is 43.0 Å². The largest absolute Gasteiger partial charge is 0.341 e. The number of nitrogens with one attached hydrogen (secondary N) is 2.